The predicted octanol–water partition coefficient (Wildman–Crippen LogP) is 3.86. The maximum atomic E-state index is 12.4. The molecule has 1 aromatic rings. The molecule has 0 spiro atoms. The zero-order chi connectivity index (χ0) is 18.2. The van der Waals surface area contributed by atoms with E-state index in [0.717, 1.165) is 31.7 Å². The van der Waals surface area contributed by atoms with Crippen LogP contribution in [0.5, 0.6) is 0 Å². The number of ether oxygens (including phenoxy) is 2. The van der Waals surface area contributed by atoms with Gasteiger partial charge in [-0.25, -0.2) is 4.79 Å². The molecule has 0 N–H and O–H groups in total. The van der Waals surface area contributed by atoms with E-state index >= 15 is 0 Å². The van der Waals surface area contributed by atoms with Crippen molar-refractivity contribution in [2.75, 3.05) is 31.2 Å². The molecule has 0 saturated carbocycles. The van der Waals surface area contributed by atoms with Gasteiger partial charge in [0.1, 0.15) is 5.60 Å². The van der Waals surface area contributed by atoms with Gasteiger partial charge in [0, 0.05) is 36.4 Å². The fraction of sp³-hybridized carbons (Fsp3) is 0.632. The fourth-order valence-electron chi connectivity index (χ4n) is 3.46. The van der Waals surface area contributed by atoms with Crippen LogP contribution in [0.2, 0.25) is 5.02 Å². The van der Waals surface area contributed by atoms with Gasteiger partial charge in [0.25, 0.3) is 0 Å². The molecular formula is C19H27ClN2O3. The Labute approximate surface area is 154 Å². The van der Waals surface area contributed by atoms with Crippen LogP contribution >= 0.6 is 11.6 Å². The smallest absolute Gasteiger partial charge is 0.410 e. The van der Waals surface area contributed by atoms with Crippen LogP contribution in [0.1, 0.15) is 38.8 Å². The lowest BCUT2D eigenvalue weighted by Crippen LogP contribution is -2.45. The molecule has 2 aliphatic heterocycles. The highest BCUT2D eigenvalue weighted by Gasteiger charge is 2.29. The maximum Gasteiger partial charge on any atom is 0.410 e. The van der Waals surface area contributed by atoms with Gasteiger partial charge in [0.2, 0.25) is 0 Å². The average molecular weight is 367 g/mol. The van der Waals surface area contributed by atoms with Crippen molar-refractivity contribution in [3.8, 4) is 0 Å². The van der Waals surface area contributed by atoms with Gasteiger partial charge >= 0.3 is 6.09 Å². The van der Waals surface area contributed by atoms with Gasteiger partial charge in [-0.1, -0.05) is 11.6 Å². The number of rotatable bonds is 1. The molecule has 0 radical (unpaired) electrons. The summed E-state index contributed by atoms with van der Waals surface area (Å²) in [5.41, 5.74) is 3.10. The van der Waals surface area contributed by atoms with Gasteiger partial charge in [0.15, 0.2) is 0 Å². The Morgan fingerprint density at radius 1 is 1.32 bits per heavy atom. The molecule has 5 nitrogen and oxygen atoms in total. The standard InChI is InChI=1S/C19H27ClN2O3/c1-13-12-24-8-7-22(13)17-10-15(20)9-14-11-21(6-5-16(14)17)18(23)25-19(2,3)4/h9-10,13H,5-8,11-12H2,1-4H3/t13-/m0/s1. The average Bonchev–Trinajstić information content (AvgIpc) is 2.52. The van der Waals surface area contributed by atoms with E-state index in [-0.39, 0.29) is 6.09 Å². The summed E-state index contributed by atoms with van der Waals surface area (Å²) in [6.07, 6.45) is 0.546. The second kappa shape index (κ2) is 7.04. The van der Waals surface area contributed by atoms with Crippen molar-refractivity contribution >= 4 is 23.4 Å². The summed E-state index contributed by atoms with van der Waals surface area (Å²) < 4.78 is 11.1. The van der Waals surface area contributed by atoms with E-state index in [1.54, 1.807) is 4.90 Å². The second-order valence-corrected chi connectivity index (χ2v) is 8.27. The van der Waals surface area contributed by atoms with Gasteiger partial charge in [-0.2, -0.15) is 0 Å². The lowest BCUT2D eigenvalue weighted by Gasteiger charge is -2.39. The number of anilines is 1. The minimum absolute atomic E-state index is 0.264. The van der Waals surface area contributed by atoms with E-state index in [0.29, 0.717) is 24.2 Å². The molecule has 6 heteroatoms. The van der Waals surface area contributed by atoms with E-state index < -0.39 is 5.60 Å². The monoisotopic (exact) mass is 366 g/mol. The first-order chi connectivity index (χ1) is 11.7. The molecule has 138 valence electrons. The number of amides is 1. The van der Waals surface area contributed by atoms with Crippen LogP contribution in [0.4, 0.5) is 10.5 Å². The summed E-state index contributed by atoms with van der Waals surface area (Å²) in [4.78, 5) is 16.5. The quantitative estimate of drug-likeness (QED) is 0.756. The van der Waals surface area contributed by atoms with Crippen LogP contribution in [-0.4, -0.2) is 48.9 Å². The predicted molar refractivity (Wildman–Crippen MR) is 99.4 cm³/mol. The van der Waals surface area contributed by atoms with Crippen molar-refractivity contribution in [2.24, 2.45) is 0 Å². The van der Waals surface area contributed by atoms with Crippen LogP contribution in [0.3, 0.4) is 0 Å². The third-order valence-electron chi connectivity index (χ3n) is 4.61. The molecule has 2 heterocycles. The molecule has 0 aliphatic carbocycles. The Balaban J connectivity index is 1.85. The SMILES string of the molecule is C[C@H]1COCCN1c1cc(Cl)cc2c1CCN(C(=O)OC(C)(C)C)C2. The Kier molecular flexibility index (Phi) is 5.16. The number of benzene rings is 1. The van der Waals surface area contributed by atoms with E-state index in [4.69, 9.17) is 21.1 Å². The number of carbonyl (C=O) groups excluding carboxylic acids is 1. The fourth-order valence-corrected chi connectivity index (χ4v) is 3.70. The number of halogens is 1. The van der Waals surface area contributed by atoms with E-state index in [2.05, 4.69) is 11.8 Å². The van der Waals surface area contributed by atoms with Crippen molar-refractivity contribution in [1.29, 1.82) is 0 Å². The maximum absolute atomic E-state index is 12.4. The first kappa shape index (κ1) is 18.3. The largest absolute Gasteiger partial charge is 0.444 e. The molecule has 1 atom stereocenters. The van der Waals surface area contributed by atoms with Gasteiger partial charge < -0.3 is 19.3 Å². The molecule has 1 fully saturated rings. The Morgan fingerprint density at radius 3 is 2.76 bits per heavy atom. The summed E-state index contributed by atoms with van der Waals surface area (Å²) in [5.74, 6) is 0. The molecule has 0 unspecified atom stereocenters. The first-order valence-electron chi connectivity index (χ1n) is 8.88. The lowest BCUT2D eigenvalue weighted by atomic mass is 9.96. The topological polar surface area (TPSA) is 42.0 Å². The third kappa shape index (κ3) is 4.21. The Bertz CT molecular complexity index is 657. The molecule has 0 aromatic heterocycles. The van der Waals surface area contributed by atoms with Gasteiger partial charge in [0.05, 0.1) is 13.2 Å². The van der Waals surface area contributed by atoms with Gasteiger partial charge in [-0.05, 0) is 57.4 Å². The van der Waals surface area contributed by atoms with E-state index in [1.165, 1.54) is 11.3 Å². The van der Waals surface area contributed by atoms with Crippen LogP contribution < -0.4 is 4.90 Å². The molecular weight excluding hydrogens is 340 g/mol. The van der Waals surface area contributed by atoms with Crippen molar-refractivity contribution < 1.29 is 14.3 Å². The highest BCUT2D eigenvalue weighted by Crippen LogP contribution is 2.34. The van der Waals surface area contributed by atoms with Crippen molar-refractivity contribution in [2.45, 2.75) is 52.3 Å². The summed E-state index contributed by atoms with van der Waals surface area (Å²) in [6.45, 7) is 11.4. The molecule has 1 saturated heterocycles. The molecule has 2 aliphatic rings. The Hall–Kier alpha value is -1.46. The molecule has 1 amide bonds. The Morgan fingerprint density at radius 2 is 2.08 bits per heavy atom. The third-order valence-corrected chi connectivity index (χ3v) is 4.82. The number of carbonyl (C=O) groups is 1. The molecule has 25 heavy (non-hydrogen) atoms. The summed E-state index contributed by atoms with van der Waals surface area (Å²) in [7, 11) is 0. The van der Waals surface area contributed by atoms with Crippen molar-refractivity contribution in [3.05, 3.63) is 28.3 Å². The number of hydrogen-bond acceptors (Lipinski definition) is 4. The number of fused-ring (bicyclic) bond motifs is 1. The van der Waals surface area contributed by atoms with Crippen LogP contribution in [0.25, 0.3) is 0 Å². The first-order valence-corrected chi connectivity index (χ1v) is 9.26. The molecule has 1 aromatic carbocycles. The zero-order valence-electron chi connectivity index (χ0n) is 15.5. The lowest BCUT2D eigenvalue weighted by molar-refractivity contribution is 0.0224. The van der Waals surface area contributed by atoms with Crippen molar-refractivity contribution in [1.82, 2.24) is 4.90 Å². The number of morpholine rings is 1. The highest BCUT2D eigenvalue weighted by molar-refractivity contribution is 6.31. The zero-order valence-corrected chi connectivity index (χ0v) is 16.2. The molecule has 3 rings (SSSR count). The normalized spacial score (nSPS) is 21.1. The van der Waals surface area contributed by atoms with Crippen LogP contribution in [0.15, 0.2) is 12.1 Å². The van der Waals surface area contributed by atoms with Gasteiger partial charge in [-0.3, -0.25) is 0 Å². The number of nitrogens with zero attached hydrogens (tertiary/aromatic N) is 2. The minimum atomic E-state index is -0.486. The van der Waals surface area contributed by atoms with Crippen LogP contribution in [-0.2, 0) is 22.4 Å². The summed E-state index contributed by atoms with van der Waals surface area (Å²) >= 11 is 6.39. The van der Waals surface area contributed by atoms with E-state index in [9.17, 15) is 4.79 Å². The van der Waals surface area contributed by atoms with Crippen LogP contribution in [0, 0.1) is 0 Å². The number of hydrogen-bond donors (Lipinski definition) is 0. The molecule has 0 bridgehead atoms. The minimum Gasteiger partial charge on any atom is -0.444 e. The van der Waals surface area contributed by atoms with Gasteiger partial charge in [-0.15, -0.1) is 0 Å². The van der Waals surface area contributed by atoms with E-state index in [1.807, 2.05) is 32.9 Å². The summed E-state index contributed by atoms with van der Waals surface area (Å²) in [5, 5.41) is 0.707. The summed E-state index contributed by atoms with van der Waals surface area (Å²) in [6, 6.07) is 4.34. The highest BCUT2D eigenvalue weighted by atomic mass is 35.5. The second-order valence-electron chi connectivity index (χ2n) is 7.83. The van der Waals surface area contributed by atoms with Crippen molar-refractivity contribution in [3.63, 3.8) is 0 Å².